The quantitative estimate of drug-likeness (QED) is 0.517. The van der Waals surface area contributed by atoms with Gasteiger partial charge in [0.25, 0.3) is 20.2 Å². The Bertz CT molecular complexity index is 1270. The summed E-state index contributed by atoms with van der Waals surface area (Å²) in [6.07, 6.45) is 0. The Morgan fingerprint density at radius 3 is 1.78 bits per heavy atom. The van der Waals surface area contributed by atoms with Gasteiger partial charge in [0.2, 0.25) is 0 Å². The van der Waals surface area contributed by atoms with Gasteiger partial charge in [-0.15, -0.1) is 0 Å². The minimum Gasteiger partial charge on any atom is -0.478 e. The van der Waals surface area contributed by atoms with Crippen LogP contribution < -0.4 is 0 Å². The Hall–Kier alpha value is -2.93. The lowest BCUT2D eigenvalue weighted by atomic mass is 9.82. The van der Waals surface area contributed by atoms with Gasteiger partial charge in [-0.2, -0.15) is 16.8 Å². The summed E-state index contributed by atoms with van der Waals surface area (Å²) in [7, 11) is -10.9. The number of fused-ring (bicyclic) bond motifs is 2. The van der Waals surface area contributed by atoms with Gasteiger partial charge in [0.15, 0.2) is 11.6 Å². The van der Waals surface area contributed by atoms with Crippen LogP contribution in [0.1, 0.15) is 42.2 Å². The number of carbonyl (C=O) groups is 3. The summed E-state index contributed by atoms with van der Waals surface area (Å²) >= 11 is 0. The largest absolute Gasteiger partial charge is 0.478 e. The summed E-state index contributed by atoms with van der Waals surface area (Å²) in [4.78, 5) is 33.8. The van der Waals surface area contributed by atoms with Gasteiger partial charge >= 0.3 is 5.97 Å². The molecule has 3 rings (SSSR count). The minimum atomic E-state index is -5.53. The lowest BCUT2D eigenvalue weighted by Crippen LogP contribution is -2.27. The molecule has 27 heavy (non-hydrogen) atoms. The van der Waals surface area contributed by atoms with Crippen molar-refractivity contribution in [2.24, 2.45) is 0 Å². The Kier molecular flexibility index (Phi) is 4.04. The van der Waals surface area contributed by atoms with Gasteiger partial charge in [0.1, 0.15) is 9.79 Å². The van der Waals surface area contributed by atoms with E-state index in [2.05, 4.69) is 0 Å². The van der Waals surface area contributed by atoms with E-state index in [1.165, 1.54) is 24.3 Å². The molecule has 0 heterocycles. The molecule has 0 unspecified atom stereocenters. The molecule has 0 aliphatic heterocycles. The van der Waals surface area contributed by atoms with E-state index in [4.69, 9.17) is 0 Å². The zero-order valence-corrected chi connectivity index (χ0v) is 14.5. The highest BCUT2D eigenvalue weighted by molar-refractivity contribution is 7.89. The average molecular weight is 412 g/mol. The van der Waals surface area contributed by atoms with Crippen LogP contribution in [0, 0.1) is 0 Å². The molecule has 2 aromatic carbocycles. The maximum absolute atomic E-state index is 12.7. The molecule has 0 radical (unpaired) electrons. The first-order valence-electron chi connectivity index (χ1n) is 6.93. The van der Waals surface area contributed by atoms with Crippen molar-refractivity contribution in [3.8, 4) is 0 Å². The summed E-state index contributed by atoms with van der Waals surface area (Å²) in [6.45, 7) is 0. The lowest BCUT2D eigenvalue weighted by molar-refractivity contribution is 0.0687. The fraction of sp³-hybridized carbons (Fsp3) is 0. The second-order valence-corrected chi connectivity index (χ2v) is 8.21. The Labute approximate surface area is 151 Å². The topological polar surface area (TPSA) is 180 Å². The molecule has 0 atom stereocenters. The maximum Gasteiger partial charge on any atom is 0.337 e. The fourth-order valence-electron chi connectivity index (χ4n) is 2.87. The lowest BCUT2D eigenvalue weighted by Gasteiger charge is -2.21. The van der Waals surface area contributed by atoms with E-state index >= 15 is 0 Å². The van der Waals surface area contributed by atoms with Crippen LogP contribution in [0.4, 0.5) is 0 Å². The molecule has 1 aliphatic carbocycles. The highest BCUT2D eigenvalue weighted by Gasteiger charge is 2.41. The molecule has 12 heteroatoms. The predicted molar refractivity (Wildman–Crippen MR) is 86.3 cm³/mol. The Morgan fingerprint density at radius 2 is 1.33 bits per heavy atom. The third-order valence-corrected chi connectivity index (χ3v) is 5.83. The zero-order chi connectivity index (χ0) is 20.3. The van der Waals surface area contributed by atoms with Crippen molar-refractivity contribution < 1.29 is 45.4 Å². The van der Waals surface area contributed by atoms with Crippen molar-refractivity contribution in [1.82, 2.24) is 0 Å². The fourth-order valence-corrected chi connectivity index (χ4v) is 4.86. The van der Waals surface area contributed by atoms with Crippen molar-refractivity contribution in [3.05, 3.63) is 58.1 Å². The van der Waals surface area contributed by atoms with Gasteiger partial charge in [0.05, 0.1) is 5.56 Å². The molecule has 0 aromatic heterocycles. The normalized spacial score (nSPS) is 13.9. The minimum absolute atomic E-state index is 0.160. The molecule has 3 N–H and O–H groups in total. The number of carboxylic acids is 1. The highest BCUT2D eigenvalue weighted by Crippen LogP contribution is 2.36. The summed E-state index contributed by atoms with van der Waals surface area (Å²) in [6, 6.07) is 5.59. The highest BCUT2D eigenvalue weighted by atomic mass is 32.2. The van der Waals surface area contributed by atoms with Crippen LogP contribution in [0.15, 0.2) is 40.1 Å². The molecule has 10 nitrogen and oxygen atoms in total. The van der Waals surface area contributed by atoms with Crippen LogP contribution in [0.5, 0.6) is 0 Å². The molecule has 0 saturated heterocycles. The van der Waals surface area contributed by atoms with E-state index in [0.717, 1.165) is 0 Å². The van der Waals surface area contributed by atoms with E-state index in [-0.39, 0.29) is 11.1 Å². The molecule has 0 saturated carbocycles. The van der Waals surface area contributed by atoms with E-state index in [9.17, 15) is 45.4 Å². The van der Waals surface area contributed by atoms with Gasteiger partial charge in [0, 0.05) is 22.3 Å². The van der Waals surface area contributed by atoms with Crippen molar-refractivity contribution in [3.63, 3.8) is 0 Å². The van der Waals surface area contributed by atoms with Gasteiger partial charge < -0.3 is 5.11 Å². The van der Waals surface area contributed by atoms with Crippen LogP contribution in [0.2, 0.25) is 0 Å². The first kappa shape index (κ1) is 18.8. The smallest absolute Gasteiger partial charge is 0.337 e. The summed E-state index contributed by atoms with van der Waals surface area (Å²) < 4.78 is 65.1. The summed E-state index contributed by atoms with van der Waals surface area (Å²) in [5, 5.41) is 9.41. The average Bonchev–Trinajstić information content (AvgIpc) is 2.56. The molecule has 0 spiro atoms. The molecular weight excluding hydrogens is 404 g/mol. The number of carboxylic acid groups (broad SMARTS) is 1. The van der Waals surface area contributed by atoms with Crippen LogP contribution in [-0.2, 0) is 20.2 Å². The molecule has 0 amide bonds. The SMILES string of the molecule is O=C1c2ccccc2C(=O)c2c1cc(S(=O)(=O)O)c(S(=O)(=O)O)c2C(=O)O. The van der Waals surface area contributed by atoms with E-state index in [0.29, 0.717) is 6.07 Å². The molecule has 0 bridgehead atoms. The van der Waals surface area contributed by atoms with Crippen LogP contribution in [0.25, 0.3) is 0 Å². The van der Waals surface area contributed by atoms with Crippen LogP contribution >= 0.6 is 0 Å². The number of ketones is 2. The van der Waals surface area contributed by atoms with Gasteiger partial charge in [-0.25, -0.2) is 4.79 Å². The van der Waals surface area contributed by atoms with Gasteiger partial charge in [-0.3, -0.25) is 18.7 Å². The van der Waals surface area contributed by atoms with E-state index < -0.39 is 64.3 Å². The number of hydrogen-bond acceptors (Lipinski definition) is 7. The summed E-state index contributed by atoms with van der Waals surface area (Å²) in [5.41, 5.74) is -3.43. The third kappa shape index (κ3) is 2.84. The molecule has 1 aliphatic rings. The second kappa shape index (κ2) is 5.79. The van der Waals surface area contributed by atoms with Gasteiger partial charge in [-0.05, 0) is 6.07 Å². The molecular formula is C15H8O10S2. The predicted octanol–water partition coefficient (Wildman–Crippen LogP) is 0.654. The first-order chi connectivity index (χ1) is 12.4. The van der Waals surface area contributed by atoms with Crippen molar-refractivity contribution in [1.29, 1.82) is 0 Å². The number of aromatic carboxylic acids is 1. The number of rotatable bonds is 3. The third-order valence-electron chi connectivity index (χ3n) is 3.88. The second-order valence-electron chi connectivity index (χ2n) is 5.46. The molecule has 0 fully saturated rings. The van der Waals surface area contributed by atoms with Crippen LogP contribution in [0.3, 0.4) is 0 Å². The monoisotopic (exact) mass is 412 g/mol. The zero-order valence-electron chi connectivity index (χ0n) is 12.9. The number of hydrogen-bond donors (Lipinski definition) is 3. The standard InChI is InChI=1S/C15H8O10S2/c16-12-6-3-1-2-4-7(6)13(17)10-8(12)5-9(26(20,21)22)14(27(23,24)25)11(10)15(18)19/h1-5H,(H,18,19)(H,20,21,22)(H,23,24,25). The van der Waals surface area contributed by atoms with Gasteiger partial charge in [-0.1, -0.05) is 24.3 Å². The van der Waals surface area contributed by atoms with Crippen molar-refractivity contribution in [2.75, 3.05) is 0 Å². The van der Waals surface area contributed by atoms with E-state index in [1.54, 1.807) is 0 Å². The van der Waals surface area contributed by atoms with Crippen molar-refractivity contribution >= 4 is 37.8 Å². The van der Waals surface area contributed by atoms with Crippen molar-refractivity contribution in [2.45, 2.75) is 9.79 Å². The number of benzene rings is 2. The maximum atomic E-state index is 12.7. The van der Waals surface area contributed by atoms with E-state index in [1.807, 2.05) is 0 Å². The Balaban J connectivity index is 2.62. The first-order valence-corrected chi connectivity index (χ1v) is 9.81. The summed E-state index contributed by atoms with van der Waals surface area (Å²) in [5.74, 6) is -4.09. The molecule has 140 valence electrons. The number of carbonyl (C=O) groups excluding carboxylic acids is 2. The molecule has 2 aromatic rings. The van der Waals surface area contributed by atoms with Crippen LogP contribution in [-0.4, -0.2) is 48.6 Å². The Morgan fingerprint density at radius 1 is 0.815 bits per heavy atom.